The number of nitrogens with one attached hydrogen (secondary N) is 1. The highest BCUT2D eigenvalue weighted by molar-refractivity contribution is 5.97. The molecule has 4 aromatic rings. The third-order valence-corrected chi connectivity index (χ3v) is 4.73. The van der Waals surface area contributed by atoms with E-state index in [2.05, 4.69) is 27.0 Å². The van der Waals surface area contributed by atoms with E-state index >= 15 is 0 Å². The van der Waals surface area contributed by atoms with Gasteiger partial charge in [0.1, 0.15) is 17.3 Å². The maximum Gasteiger partial charge on any atom is 0.255 e. The lowest BCUT2D eigenvalue weighted by Crippen LogP contribution is -2.26. The largest absolute Gasteiger partial charge is 0.457 e. The van der Waals surface area contributed by atoms with E-state index in [-0.39, 0.29) is 5.91 Å². The molecule has 0 aliphatic heterocycles. The number of amides is 1. The Balaban J connectivity index is 1.37. The number of hydrogen-bond acceptors (Lipinski definition) is 3. The topological polar surface area (TPSA) is 56.2 Å². The summed E-state index contributed by atoms with van der Waals surface area (Å²) < 4.78 is 8.00. The van der Waals surface area contributed by atoms with E-state index in [0.717, 1.165) is 12.4 Å². The van der Waals surface area contributed by atoms with Gasteiger partial charge < -0.3 is 14.6 Å². The van der Waals surface area contributed by atoms with Crippen LogP contribution in [0, 0.1) is 0 Å². The molecule has 0 saturated carbocycles. The molecule has 0 radical (unpaired) electrons. The van der Waals surface area contributed by atoms with E-state index in [9.17, 15) is 4.79 Å². The van der Waals surface area contributed by atoms with Gasteiger partial charge in [-0.25, -0.2) is 4.98 Å². The average molecular weight is 397 g/mol. The molecule has 5 nitrogen and oxygen atoms in total. The van der Waals surface area contributed by atoms with E-state index < -0.39 is 0 Å². The number of carbonyl (C=O) groups is 1. The number of hydrogen-bond donors (Lipinski definition) is 1. The Labute approximate surface area is 176 Å². The van der Waals surface area contributed by atoms with Crippen molar-refractivity contribution in [2.45, 2.75) is 13.0 Å². The standard InChI is InChI=1S/C25H23N3O2/c29-25(22-13-7-8-14-23(22)30-21-11-5-2-6-12-21)27-16-15-24-26-17-18-28(24)19-20-9-3-1-4-10-20/h1-14,17-18H,15-16,19H2,(H,27,29). The van der Waals surface area contributed by atoms with Crippen LogP contribution in [0.5, 0.6) is 11.5 Å². The third kappa shape index (κ3) is 4.94. The number of imidazole rings is 1. The van der Waals surface area contributed by atoms with Crippen molar-refractivity contribution in [1.29, 1.82) is 0 Å². The lowest BCUT2D eigenvalue weighted by Gasteiger charge is -2.12. The zero-order valence-electron chi connectivity index (χ0n) is 16.6. The normalized spacial score (nSPS) is 10.5. The number of ether oxygens (including phenoxy) is 1. The first kappa shape index (κ1) is 19.5. The van der Waals surface area contributed by atoms with Crippen LogP contribution in [0.2, 0.25) is 0 Å². The van der Waals surface area contributed by atoms with Crippen molar-refractivity contribution in [3.63, 3.8) is 0 Å². The van der Waals surface area contributed by atoms with Crippen molar-refractivity contribution in [2.75, 3.05) is 6.54 Å². The number of nitrogens with zero attached hydrogens (tertiary/aromatic N) is 2. The summed E-state index contributed by atoms with van der Waals surface area (Å²) in [4.78, 5) is 17.2. The molecule has 5 heteroatoms. The smallest absolute Gasteiger partial charge is 0.255 e. The molecule has 0 atom stereocenters. The fourth-order valence-corrected chi connectivity index (χ4v) is 3.23. The second-order valence-electron chi connectivity index (χ2n) is 6.87. The molecule has 0 unspecified atom stereocenters. The first-order valence-electron chi connectivity index (χ1n) is 9.93. The van der Waals surface area contributed by atoms with Crippen molar-refractivity contribution >= 4 is 5.91 Å². The predicted octanol–water partition coefficient (Wildman–Crippen LogP) is 4.70. The molecule has 0 fully saturated rings. The lowest BCUT2D eigenvalue weighted by atomic mass is 10.2. The second-order valence-corrected chi connectivity index (χ2v) is 6.87. The van der Waals surface area contributed by atoms with Crippen LogP contribution in [-0.4, -0.2) is 22.0 Å². The minimum Gasteiger partial charge on any atom is -0.457 e. The molecule has 1 aromatic heterocycles. The summed E-state index contributed by atoms with van der Waals surface area (Å²) in [6.07, 6.45) is 4.41. The average Bonchev–Trinajstić information content (AvgIpc) is 3.22. The summed E-state index contributed by atoms with van der Waals surface area (Å²) >= 11 is 0. The van der Waals surface area contributed by atoms with Gasteiger partial charge in [-0.15, -0.1) is 0 Å². The van der Waals surface area contributed by atoms with E-state index in [1.54, 1.807) is 18.3 Å². The maximum atomic E-state index is 12.7. The Morgan fingerprint density at radius 3 is 2.40 bits per heavy atom. The van der Waals surface area contributed by atoms with Crippen molar-refractivity contribution in [1.82, 2.24) is 14.9 Å². The Bertz CT molecular complexity index is 1090. The number of benzene rings is 3. The number of carbonyl (C=O) groups excluding carboxylic acids is 1. The minimum absolute atomic E-state index is 0.164. The van der Waals surface area contributed by atoms with Gasteiger partial charge in [-0.1, -0.05) is 60.7 Å². The highest BCUT2D eigenvalue weighted by Gasteiger charge is 2.13. The molecule has 3 aromatic carbocycles. The SMILES string of the molecule is O=C(NCCc1nccn1Cc1ccccc1)c1ccccc1Oc1ccccc1. The van der Waals surface area contributed by atoms with Gasteiger partial charge in [0.05, 0.1) is 5.56 Å². The van der Waals surface area contributed by atoms with Gasteiger partial charge in [0.25, 0.3) is 5.91 Å². The first-order valence-corrected chi connectivity index (χ1v) is 9.93. The molecular weight excluding hydrogens is 374 g/mol. The third-order valence-electron chi connectivity index (χ3n) is 4.73. The van der Waals surface area contributed by atoms with Crippen molar-refractivity contribution < 1.29 is 9.53 Å². The summed E-state index contributed by atoms with van der Waals surface area (Å²) in [6.45, 7) is 1.25. The molecule has 0 aliphatic carbocycles. The van der Waals surface area contributed by atoms with Gasteiger partial charge in [-0.3, -0.25) is 4.79 Å². The summed E-state index contributed by atoms with van der Waals surface area (Å²) in [6, 6.07) is 27.0. The van der Waals surface area contributed by atoms with Gasteiger partial charge >= 0.3 is 0 Å². The Kier molecular flexibility index (Phi) is 6.20. The molecule has 1 heterocycles. The van der Waals surface area contributed by atoms with E-state index in [0.29, 0.717) is 30.0 Å². The van der Waals surface area contributed by atoms with Crippen LogP contribution in [0.15, 0.2) is 97.3 Å². The Hall–Kier alpha value is -3.86. The van der Waals surface area contributed by atoms with E-state index in [1.165, 1.54) is 5.56 Å². The number of rotatable bonds is 8. The van der Waals surface area contributed by atoms with E-state index in [4.69, 9.17) is 4.74 Å². The van der Waals surface area contributed by atoms with Crippen LogP contribution < -0.4 is 10.1 Å². The fraction of sp³-hybridized carbons (Fsp3) is 0.120. The summed E-state index contributed by atoms with van der Waals surface area (Å²) in [5.74, 6) is 2.00. The molecular formula is C25H23N3O2. The van der Waals surface area contributed by atoms with Crippen molar-refractivity contribution in [3.05, 3.63) is 114 Å². The number of aromatic nitrogens is 2. The van der Waals surface area contributed by atoms with Crippen LogP contribution in [0.1, 0.15) is 21.7 Å². The molecule has 1 N–H and O–H groups in total. The summed E-state index contributed by atoms with van der Waals surface area (Å²) in [5, 5.41) is 2.98. The van der Waals surface area contributed by atoms with Gasteiger partial charge in [0.2, 0.25) is 0 Å². The van der Waals surface area contributed by atoms with Gasteiger partial charge in [-0.05, 0) is 29.8 Å². The van der Waals surface area contributed by atoms with Gasteiger partial charge in [0, 0.05) is 31.9 Å². The molecule has 30 heavy (non-hydrogen) atoms. The molecule has 1 amide bonds. The van der Waals surface area contributed by atoms with Crippen LogP contribution in [0.4, 0.5) is 0 Å². The van der Waals surface area contributed by atoms with Crippen LogP contribution in [0.3, 0.4) is 0 Å². The lowest BCUT2D eigenvalue weighted by molar-refractivity contribution is 0.0951. The van der Waals surface area contributed by atoms with Crippen LogP contribution >= 0.6 is 0 Å². The molecule has 0 saturated heterocycles. The molecule has 0 aliphatic rings. The predicted molar refractivity (Wildman–Crippen MR) is 117 cm³/mol. The van der Waals surface area contributed by atoms with E-state index in [1.807, 2.05) is 66.9 Å². The zero-order chi connectivity index (χ0) is 20.6. The molecule has 0 spiro atoms. The maximum absolute atomic E-state index is 12.7. The van der Waals surface area contributed by atoms with Gasteiger partial charge in [-0.2, -0.15) is 0 Å². The zero-order valence-corrected chi connectivity index (χ0v) is 16.6. The molecule has 150 valence electrons. The van der Waals surface area contributed by atoms with Crippen LogP contribution in [-0.2, 0) is 13.0 Å². The fourth-order valence-electron chi connectivity index (χ4n) is 3.23. The highest BCUT2D eigenvalue weighted by Crippen LogP contribution is 2.24. The van der Waals surface area contributed by atoms with Crippen molar-refractivity contribution in [3.8, 4) is 11.5 Å². The van der Waals surface area contributed by atoms with Crippen molar-refractivity contribution in [2.24, 2.45) is 0 Å². The quantitative estimate of drug-likeness (QED) is 0.469. The Morgan fingerprint density at radius 2 is 1.60 bits per heavy atom. The monoisotopic (exact) mass is 397 g/mol. The summed E-state index contributed by atoms with van der Waals surface area (Å²) in [5.41, 5.74) is 1.72. The Morgan fingerprint density at radius 1 is 0.900 bits per heavy atom. The number of para-hydroxylation sites is 2. The highest BCUT2D eigenvalue weighted by atomic mass is 16.5. The minimum atomic E-state index is -0.164. The molecule has 4 rings (SSSR count). The second kappa shape index (κ2) is 9.56. The first-order chi connectivity index (χ1) is 14.8. The van der Waals surface area contributed by atoms with Gasteiger partial charge in [0.15, 0.2) is 0 Å². The van der Waals surface area contributed by atoms with Crippen LogP contribution in [0.25, 0.3) is 0 Å². The molecule has 0 bridgehead atoms. The summed E-state index contributed by atoms with van der Waals surface area (Å²) in [7, 11) is 0.